The van der Waals surface area contributed by atoms with E-state index in [0.29, 0.717) is 13.1 Å². The molecule has 6 nitrogen and oxygen atoms in total. The zero-order valence-corrected chi connectivity index (χ0v) is 13.4. The van der Waals surface area contributed by atoms with Crippen LogP contribution in [0.3, 0.4) is 0 Å². The second-order valence-electron chi connectivity index (χ2n) is 5.19. The summed E-state index contributed by atoms with van der Waals surface area (Å²) in [6, 6.07) is 9.73. The number of halogens is 1. The maximum atomic E-state index is 12.9. The molecule has 2 rings (SSSR count). The molecule has 24 heavy (non-hydrogen) atoms. The Balaban J connectivity index is 1.81. The van der Waals surface area contributed by atoms with Crippen LogP contribution in [0.5, 0.6) is 0 Å². The van der Waals surface area contributed by atoms with Crippen molar-refractivity contribution < 1.29 is 18.7 Å². The van der Waals surface area contributed by atoms with Crippen molar-refractivity contribution in [1.82, 2.24) is 15.2 Å². The third-order valence-corrected chi connectivity index (χ3v) is 3.46. The number of urea groups is 1. The Labute approximate surface area is 139 Å². The van der Waals surface area contributed by atoms with Crippen LogP contribution in [0.25, 0.3) is 0 Å². The van der Waals surface area contributed by atoms with Crippen LogP contribution in [0.2, 0.25) is 0 Å². The number of ether oxygens (including phenoxy) is 1. The molecule has 0 spiro atoms. The standard InChI is InChI=1S/C17H20FN3O3/c1-24-16(22)8-9-19-17(23)20-11-15-3-2-10-21(15)12-13-4-6-14(18)7-5-13/h2-7,10H,8-9,11-12H2,1H3,(H2,19,20,23). The van der Waals surface area contributed by atoms with E-state index in [1.165, 1.54) is 19.2 Å². The quantitative estimate of drug-likeness (QED) is 0.762. The van der Waals surface area contributed by atoms with Gasteiger partial charge in [-0.3, -0.25) is 4.79 Å². The molecular formula is C17H20FN3O3. The molecule has 0 fully saturated rings. The molecule has 2 aromatic rings. The van der Waals surface area contributed by atoms with E-state index in [9.17, 15) is 14.0 Å². The number of methoxy groups -OCH3 is 1. The topological polar surface area (TPSA) is 72.4 Å². The molecule has 0 aliphatic heterocycles. The molecule has 1 aromatic carbocycles. The summed E-state index contributed by atoms with van der Waals surface area (Å²) in [5.74, 6) is -0.639. The molecule has 0 unspecified atom stereocenters. The molecule has 1 heterocycles. The average molecular weight is 333 g/mol. The summed E-state index contributed by atoms with van der Waals surface area (Å²) < 4.78 is 19.4. The highest BCUT2D eigenvalue weighted by molar-refractivity contribution is 5.75. The predicted octanol–water partition coefficient (Wildman–Crippen LogP) is 2.04. The van der Waals surface area contributed by atoms with Crippen molar-refractivity contribution in [2.24, 2.45) is 0 Å². The fourth-order valence-corrected chi connectivity index (χ4v) is 2.16. The summed E-state index contributed by atoms with van der Waals surface area (Å²) >= 11 is 0. The van der Waals surface area contributed by atoms with E-state index in [2.05, 4.69) is 15.4 Å². The van der Waals surface area contributed by atoms with Gasteiger partial charge >= 0.3 is 12.0 Å². The first-order valence-electron chi connectivity index (χ1n) is 7.55. The molecule has 0 atom stereocenters. The first-order chi connectivity index (χ1) is 11.6. The van der Waals surface area contributed by atoms with Gasteiger partial charge in [0.15, 0.2) is 0 Å². The van der Waals surface area contributed by atoms with E-state index in [0.717, 1.165) is 11.3 Å². The minimum Gasteiger partial charge on any atom is -0.469 e. The number of nitrogens with one attached hydrogen (secondary N) is 2. The summed E-state index contributed by atoms with van der Waals surface area (Å²) in [5, 5.41) is 5.31. The van der Waals surface area contributed by atoms with Crippen molar-refractivity contribution in [2.75, 3.05) is 13.7 Å². The van der Waals surface area contributed by atoms with Gasteiger partial charge < -0.3 is 19.9 Å². The van der Waals surface area contributed by atoms with Crippen LogP contribution >= 0.6 is 0 Å². The van der Waals surface area contributed by atoms with E-state index < -0.39 is 0 Å². The Morgan fingerprint density at radius 1 is 1.17 bits per heavy atom. The van der Waals surface area contributed by atoms with E-state index in [4.69, 9.17) is 0 Å². The Morgan fingerprint density at radius 2 is 1.92 bits per heavy atom. The van der Waals surface area contributed by atoms with E-state index in [1.54, 1.807) is 12.1 Å². The van der Waals surface area contributed by atoms with Crippen LogP contribution in [0.15, 0.2) is 42.6 Å². The predicted molar refractivity (Wildman–Crippen MR) is 86.8 cm³/mol. The maximum Gasteiger partial charge on any atom is 0.315 e. The molecule has 7 heteroatoms. The van der Waals surface area contributed by atoms with Crippen LogP contribution in [0.4, 0.5) is 9.18 Å². The second-order valence-corrected chi connectivity index (χ2v) is 5.19. The fraction of sp³-hybridized carbons (Fsp3) is 0.294. The number of carbonyl (C=O) groups is 2. The zero-order chi connectivity index (χ0) is 17.4. The van der Waals surface area contributed by atoms with E-state index in [1.807, 2.05) is 22.9 Å². The summed E-state index contributed by atoms with van der Waals surface area (Å²) in [5.41, 5.74) is 1.89. The Kier molecular flexibility index (Phi) is 6.36. The summed E-state index contributed by atoms with van der Waals surface area (Å²) in [4.78, 5) is 22.6. The number of rotatable bonds is 7. The molecule has 0 bridgehead atoms. The third kappa shape index (κ3) is 5.42. The minimum atomic E-state index is -0.372. The lowest BCUT2D eigenvalue weighted by molar-refractivity contribution is -0.140. The third-order valence-electron chi connectivity index (χ3n) is 3.46. The van der Waals surface area contributed by atoms with Crippen molar-refractivity contribution in [1.29, 1.82) is 0 Å². The Bertz CT molecular complexity index is 683. The van der Waals surface area contributed by atoms with Gasteiger partial charge in [-0.05, 0) is 29.8 Å². The number of aromatic nitrogens is 1. The highest BCUT2D eigenvalue weighted by atomic mass is 19.1. The van der Waals surface area contributed by atoms with Gasteiger partial charge in [-0.15, -0.1) is 0 Å². The van der Waals surface area contributed by atoms with Crippen molar-refractivity contribution >= 4 is 12.0 Å². The van der Waals surface area contributed by atoms with Crippen LogP contribution < -0.4 is 10.6 Å². The van der Waals surface area contributed by atoms with Gasteiger partial charge in [-0.1, -0.05) is 12.1 Å². The lowest BCUT2D eigenvalue weighted by Gasteiger charge is -2.11. The number of carbonyl (C=O) groups excluding carboxylic acids is 2. The minimum absolute atomic E-state index is 0.130. The molecule has 0 aliphatic rings. The molecule has 0 saturated carbocycles. The maximum absolute atomic E-state index is 12.9. The van der Waals surface area contributed by atoms with Gasteiger partial charge in [0.2, 0.25) is 0 Å². The summed E-state index contributed by atoms with van der Waals surface area (Å²) in [6.45, 7) is 1.15. The Morgan fingerprint density at radius 3 is 2.62 bits per heavy atom. The van der Waals surface area contributed by atoms with Gasteiger partial charge in [0.25, 0.3) is 0 Å². The fourth-order valence-electron chi connectivity index (χ4n) is 2.16. The van der Waals surface area contributed by atoms with Gasteiger partial charge in [0.1, 0.15) is 5.82 Å². The molecule has 0 aliphatic carbocycles. The molecule has 1 aromatic heterocycles. The molecule has 2 amide bonds. The van der Waals surface area contributed by atoms with E-state index >= 15 is 0 Å². The van der Waals surface area contributed by atoms with E-state index in [-0.39, 0.29) is 30.8 Å². The molecule has 2 N–H and O–H groups in total. The van der Waals surface area contributed by atoms with Crippen molar-refractivity contribution in [3.05, 3.63) is 59.7 Å². The largest absolute Gasteiger partial charge is 0.469 e. The first-order valence-corrected chi connectivity index (χ1v) is 7.55. The second kappa shape index (κ2) is 8.71. The van der Waals surface area contributed by atoms with Crippen molar-refractivity contribution in [3.8, 4) is 0 Å². The number of hydrogen-bond acceptors (Lipinski definition) is 3. The van der Waals surface area contributed by atoms with Gasteiger partial charge in [-0.2, -0.15) is 0 Å². The normalized spacial score (nSPS) is 10.2. The highest BCUT2D eigenvalue weighted by Gasteiger charge is 2.06. The van der Waals surface area contributed by atoms with Gasteiger partial charge in [0, 0.05) is 25.0 Å². The van der Waals surface area contributed by atoms with Crippen LogP contribution in [-0.4, -0.2) is 30.2 Å². The zero-order valence-electron chi connectivity index (χ0n) is 13.4. The monoisotopic (exact) mass is 333 g/mol. The van der Waals surface area contributed by atoms with Crippen molar-refractivity contribution in [3.63, 3.8) is 0 Å². The van der Waals surface area contributed by atoms with Crippen molar-refractivity contribution in [2.45, 2.75) is 19.5 Å². The average Bonchev–Trinajstić information content (AvgIpc) is 3.02. The Hall–Kier alpha value is -2.83. The lowest BCUT2D eigenvalue weighted by atomic mass is 10.2. The number of benzene rings is 1. The number of hydrogen-bond donors (Lipinski definition) is 2. The molecule has 0 saturated heterocycles. The molecular weight excluding hydrogens is 313 g/mol. The summed E-state index contributed by atoms with van der Waals surface area (Å²) in [6.07, 6.45) is 2.03. The number of esters is 1. The highest BCUT2D eigenvalue weighted by Crippen LogP contribution is 2.09. The van der Waals surface area contributed by atoms with Crippen LogP contribution in [-0.2, 0) is 22.6 Å². The van der Waals surface area contributed by atoms with Gasteiger partial charge in [0.05, 0.1) is 20.1 Å². The van der Waals surface area contributed by atoms with Crippen LogP contribution in [0, 0.1) is 5.82 Å². The molecule has 0 radical (unpaired) electrons. The molecule has 128 valence electrons. The lowest BCUT2D eigenvalue weighted by Crippen LogP contribution is -2.36. The number of amides is 2. The summed E-state index contributed by atoms with van der Waals surface area (Å²) in [7, 11) is 1.30. The first kappa shape index (κ1) is 17.5. The van der Waals surface area contributed by atoms with Crippen LogP contribution in [0.1, 0.15) is 17.7 Å². The smallest absolute Gasteiger partial charge is 0.315 e. The SMILES string of the molecule is COC(=O)CCNC(=O)NCc1cccn1Cc1ccc(F)cc1. The number of nitrogens with zero attached hydrogens (tertiary/aromatic N) is 1. The van der Waals surface area contributed by atoms with Gasteiger partial charge in [-0.25, -0.2) is 9.18 Å².